The summed E-state index contributed by atoms with van der Waals surface area (Å²) in [5.74, 6) is 1.02. The molecule has 2 heterocycles. The molecule has 5 nitrogen and oxygen atoms in total. The monoisotopic (exact) mass is 270 g/mol. The first-order chi connectivity index (χ1) is 8.68. The van der Waals surface area contributed by atoms with Gasteiger partial charge in [-0.2, -0.15) is 0 Å². The smallest absolute Gasteiger partial charge is 0.236 e. The van der Waals surface area contributed by atoms with Crippen LogP contribution in [0.5, 0.6) is 0 Å². The van der Waals surface area contributed by atoms with Crippen molar-refractivity contribution in [3.05, 3.63) is 17.2 Å². The fourth-order valence-corrected chi connectivity index (χ4v) is 2.27. The van der Waals surface area contributed by atoms with Crippen molar-refractivity contribution >= 4 is 17.5 Å². The number of hydrogen-bond acceptors (Lipinski definition) is 3. The highest BCUT2D eigenvalue weighted by molar-refractivity contribution is 6.29. The van der Waals surface area contributed by atoms with Gasteiger partial charge in [-0.25, -0.2) is 4.98 Å². The van der Waals surface area contributed by atoms with Gasteiger partial charge in [-0.3, -0.25) is 4.79 Å². The Hall–Kier alpha value is -1.07. The molecule has 1 fully saturated rings. The SMILES string of the molecule is Cn1c(Cl)cnc1CNCC(=O)N1CCCCC1. The number of nitrogens with zero attached hydrogens (tertiary/aromatic N) is 3. The lowest BCUT2D eigenvalue weighted by Crippen LogP contribution is -2.41. The van der Waals surface area contributed by atoms with Crippen LogP contribution >= 0.6 is 11.6 Å². The minimum atomic E-state index is 0.176. The van der Waals surface area contributed by atoms with E-state index in [-0.39, 0.29) is 5.91 Å². The molecule has 2 rings (SSSR count). The number of piperidine rings is 1. The molecule has 100 valence electrons. The van der Waals surface area contributed by atoms with Crippen molar-refractivity contribution in [3.8, 4) is 0 Å². The molecule has 1 saturated heterocycles. The summed E-state index contributed by atoms with van der Waals surface area (Å²) >= 11 is 5.89. The van der Waals surface area contributed by atoms with Crippen molar-refractivity contribution in [2.24, 2.45) is 7.05 Å². The minimum absolute atomic E-state index is 0.176. The fraction of sp³-hybridized carbons (Fsp3) is 0.667. The van der Waals surface area contributed by atoms with E-state index in [0.29, 0.717) is 18.2 Å². The molecular weight excluding hydrogens is 252 g/mol. The maximum atomic E-state index is 11.9. The first-order valence-electron chi connectivity index (χ1n) is 6.33. The highest BCUT2D eigenvalue weighted by atomic mass is 35.5. The summed E-state index contributed by atoms with van der Waals surface area (Å²) in [5.41, 5.74) is 0. The Kier molecular flexibility index (Phi) is 4.60. The first kappa shape index (κ1) is 13.4. The van der Waals surface area contributed by atoms with Crippen molar-refractivity contribution in [2.45, 2.75) is 25.8 Å². The van der Waals surface area contributed by atoms with Crippen LogP contribution in [-0.4, -0.2) is 40.0 Å². The highest BCUT2D eigenvalue weighted by Crippen LogP contribution is 2.09. The van der Waals surface area contributed by atoms with Gasteiger partial charge in [0.1, 0.15) is 11.0 Å². The van der Waals surface area contributed by atoms with Crippen LogP contribution in [0.2, 0.25) is 5.15 Å². The lowest BCUT2D eigenvalue weighted by molar-refractivity contribution is -0.131. The van der Waals surface area contributed by atoms with E-state index in [4.69, 9.17) is 11.6 Å². The largest absolute Gasteiger partial charge is 0.342 e. The maximum absolute atomic E-state index is 11.9. The van der Waals surface area contributed by atoms with Crippen molar-refractivity contribution < 1.29 is 4.79 Å². The third-order valence-electron chi connectivity index (χ3n) is 3.30. The van der Waals surface area contributed by atoms with Gasteiger partial charge in [-0.15, -0.1) is 0 Å². The van der Waals surface area contributed by atoms with Crippen LogP contribution in [0.1, 0.15) is 25.1 Å². The predicted octanol–water partition coefficient (Wildman–Crippen LogP) is 1.18. The molecule has 0 aromatic carbocycles. The van der Waals surface area contributed by atoms with Crippen LogP contribution in [0.4, 0.5) is 0 Å². The lowest BCUT2D eigenvalue weighted by Gasteiger charge is -2.26. The summed E-state index contributed by atoms with van der Waals surface area (Å²) in [4.78, 5) is 18.0. The highest BCUT2D eigenvalue weighted by Gasteiger charge is 2.15. The number of likely N-dealkylation sites (tertiary alicyclic amines) is 1. The number of carbonyl (C=O) groups is 1. The summed E-state index contributed by atoms with van der Waals surface area (Å²) in [6.45, 7) is 2.72. The van der Waals surface area contributed by atoms with E-state index in [1.807, 2.05) is 11.9 Å². The van der Waals surface area contributed by atoms with Gasteiger partial charge in [0.15, 0.2) is 0 Å². The molecule has 6 heteroatoms. The number of carbonyl (C=O) groups excluding carboxylic acids is 1. The van der Waals surface area contributed by atoms with Gasteiger partial charge in [-0.05, 0) is 19.3 Å². The fourth-order valence-electron chi connectivity index (χ4n) is 2.12. The Bertz CT molecular complexity index is 412. The Balaban J connectivity index is 1.74. The van der Waals surface area contributed by atoms with Crippen molar-refractivity contribution in [3.63, 3.8) is 0 Å². The van der Waals surface area contributed by atoms with E-state index in [0.717, 1.165) is 31.8 Å². The van der Waals surface area contributed by atoms with Crippen molar-refractivity contribution in [1.29, 1.82) is 0 Å². The van der Waals surface area contributed by atoms with E-state index in [1.54, 1.807) is 10.8 Å². The second-order valence-electron chi connectivity index (χ2n) is 4.60. The number of aromatic nitrogens is 2. The van der Waals surface area contributed by atoms with E-state index in [9.17, 15) is 4.79 Å². The van der Waals surface area contributed by atoms with Crippen LogP contribution in [0, 0.1) is 0 Å². The molecule has 1 amide bonds. The summed E-state index contributed by atoms with van der Waals surface area (Å²) in [6, 6.07) is 0. The summed E-state index contributed by atoms with van der Waals surface area (Å²) in [7, 11) is 1.86. The van der Waals surface area contributed by atoms with Gasteiger partial charge in [0.05, 0.1) is 19.3 Å². The third kappa shape index (κ3) is 3.23. The van der Waals surface area contributed by atoms with Gasteiger partial charge in [-0.1, -0.05) is 11.6 Å². The van der Waals surface area contributed by atoms with E-state index in [1.165, 1.54) is 6.42 Å². The molecule has 0 saturated carbocycles. The molecule has 18 heavy (non-hydrogen) atoms. The Morgan fingerprint density at radius 1 is 1.44 bits per heavy atom. The van der Waals surface area contributed by atoms with Crippen molar-refractivity contribution in [1.82, 2.24) is 19.8 Å². The van der Waals surface area contributed by atoms with Gasteiger partial charge < -0.3 is 14.8 Å². The zero-order chi connectivity index (χ0) is 13.0. The molecule has 1 aliphatic heterocycles. The minimum Gasteiger partial charge on any atom is -0.342 e. The Morgan fingerprint density at radius 2 is 2.17 bits per heavy atom. The van der Waals surface area contributed by atoms with Crippen LogP contribution in [0.15, 0.2) is 6.20 Å². The first-order valence-corrected chi connectivity index (χ1v) is 6.71. The van der Waals surface area contributed by atoms with Crippen LogP contribution < -0.4 is 5.32 Å². The van der Waals surface area contributed by atoms with Crippen LogP contribution in [0.3, 0.4) is 0 Å². The van der Waals surface area contributed by atoms with Gasteiger partial charge in [0.25, 0.3) is 0 Å². The van der Waals surface area contributed by atoms with Gasteiger partial charge in [0.2, 0.25) is 5.91 Å². The quantitative estimate of drug-likeness (QED) is 0.894. The van der Waals surface area contributed by atoms with E-state index >= 15 is 0 Å². The molecule has 1 aromatic rings. The van der Waals surface area contributed by atoms with Gasteiger partial charge in [0, 0.05) is 20.1 Å². The van der Waals surface area contributed by atoms with Crippen LogP contribution in [-0.2, 0) is 18.4 Å². The van der Waals surface area contributed by atoms with Crippen LogP contribution in [0.25, 0.3) is 0 Å². The Labute approximate surface area is 112 Å². The van der Waals surface area contributed by atoms with Gasteiger partial charge >= 0.3 is 0 Å². The zero-order valence-electron chi connectivity index (χ0n) is 10.7. The molecule has 0 atom stereocenters. The third-order valence-corrected chi connectivity index (χ3v) is 3.65. The molecule has 0 unspecified atom stereocenters. The summed E-state index contributed by atoms with van der Waals surface area (Å²) < 4.78 is 1.81. The topological polar surface area (TPSA) is 50.2 Å². The standard InChI is InChI=1S/C12H19ClN4O/c1-16-10(13)7-15-11(16)8-14-9-12(18)17-5-3-2-4-6-17/h7,14H,2-6,8-9H2,1H3. The molecule has 1 aliphatic rings. The molecule has 0 radical (unpaired) electrons. The number of nitrogens with one attached hydrogen (secondary N) is 1. The number of imidazole rings is 1. The number of halogens is 1. The second-order valence-corrected chi connectivity index (χ2v) is 4.99. The zero-order valence-corrected chi connectivity index (χ0v) is 11.4. The Morgan fingerprint density at radius 3 is 2.78 bits per heavy atom. The second kappa shape index (κ2) is 6.20. The summed E-state index contributed by atoms with van der Waals surface area (Å²) in [5, 5.41) is 3.73. The number of hydrogen-bond donors (Lipinski definition) is 1. The molecule has 1 aromatic heterocycles. The average molecular weight is 271 g/mol. The lowest BCUT2D eigenvalue weighted by atomic mass is 10.1. The number of rotatable bonds is 4. The van der Waals surface area contributed by atoms with E-state index in [2.05, 4.69) is 10.3 Å². The van der Waals surface area contributed by atoms with Crippen molar-refractivity contribution in [2.75, 3.05) is 19.6 Å². The predicted molar refractivity (Wildman–Crippen MR) is 70.4 cm³/mol. The maximum Gasteiger partial charge on any atom is 0.236 e. The molecule has 0 spiro atoms. The average Bonchev–Trinajstić information content (AvgIpc) is 2.71. The van der Waals surface area contributed by atoms with E-state index < -0.39 is 0 Å². The number of amides is 1. The molecule has 0 aliphatic carbocycles. The summed E-state index contributed by atoms with van der Waals surface area (Å²) in [6.07, 6.45) is 5.11. The molecule has 1 N–H and O–H groups in total. The normalized spacial score (nSPS) is 16.0. The molecular formula is C12H19ClN4O. The molecule has 0 bridgehead atoms.